The standard InChI is InChI=1S/C14H18ClN3O3/c1-9-3-2-4-10(6-5-9)17-14(19)12-7-11(18(20)21)8-16-13(12)15/h7-10H,2-6H2,1H3,(H,17,19). The fraction of sp³-hybridized carbons (Fsp3) is 0.571. The van der Waals surface area contributed by atoms with Crippen molar-refractivity contribution in [2.45, 2.75) is 45.1 Å². The van der Waals surface area contributed by atoms with Gasteiger partial charge < -0.3 is 5.32 Å². The van der Waals surface area contributed by atoms with E-state index in [4.69, 9.17) is 11.6 Å². The zero-order valence-corrected chi connectivity index (χ0v) is 12.6. The summed E-state index contributed by atoms with van der Waals surface area (Å²) >= 11 is 5.87. The molecule has 1 fully saturated rings. The predicted octanol–water partition coefficient (Wildman–Crippen LogP) is 3.34. The van der Waals surface area contributed by atoms with E-state index in [9.17, 15) is 14.9 Å². The monoisotopic (exact) mass is 311 g/mol. The number of rotatable bonds is 3. The van der Waals surface area contributed by atoms with Gasteiger partial charge in [-0.2, -0.15) is 0 Å². The van der Waals surface area contributed by atoms with Gasteiger partial charge in [0.05, 0.1) is 10.5 Å². The molecule has 114 valence electrons. The molecule has 1 aromatic heterocycles. The van der Waals surface area contributed by atoms with E-state index in [-0.39, 0.29) is 22.4 Å². The van der Waals surface area contributed by atoms with E-state index in [1.54, 1.807) is 0 Å². The molecule has 1 aliphatic rings. The van der Waals surface area contributed by atoms with Gasteiger partial charge in [0.15, 0.2) is 0 Å². The number of aromatic nitrogens is 1. The molecule has 1 N–H and O–H groups in total. The smallest absolute Gasteiger partial charge is 0.288 e. The Morgan fingerprint density at radius 2 is 2.19 bits per heavy atom. The van der Waals surface area contributed by atoms with E-state index in [1.165, 1.54) is 12.5 Å². The summed E-state index contributed by atoms with van der Waals surface area (Å²) in [4.78, 5) is 26.1. The minimum Gasteiger partial charge on any atom is -0.349 e. The summed E-state index contributed by atoms with van der Waals surface area (Å²) in [5, 5.41) is 13.7. The first kappa shape index (κ1) is 15.7. The van der Waals surface area contributed by atoms with Gasteiger partial charge in [-0.3, -0.25) is 14.9 Å². The van der Waals surface area contributed by atoms with Crippen molar-refractivity contribution in [1.29, 1.82) is 0 Å². The maximum atomic E-state index is 12.2. The van der Waals surface area contributed by atoms with Gasteiger partial charge in [0.2, 0.25) is 0 Å². The van der Waals surface area contributed by atoms with Crippen LogP contribution < -0.4 is 5.32 Å². The minimum absolute atomic E-state index is 0.0138. The quantitative estimate of drug-likeness (QED) is 0.401. The fourth-order valence-electron chi connectivity index (χ4n) is 2.59. The Morgan fingerprint density at radius 3 is 2.90 bits per heavy atom. The Balaban J connectivity index is 2.09. The maximum Gasteiger partial charge on any atom is 0.288 e. The summed E-state index contributed by atoms with van der Waals surface area (Å²) in [6.45, 7) is 2.21. The Morgan fingerprint density at radius 1 is 1.43 bits per heavy atom. The van der Waals surface area contributed by atoms with Crippen LogP contribution in [-0.4, -0.2) is 21.9 Å². The highest BCUT2D eigenvalue weighted by Gasteiger charge is 2.22. The second-order valence-corrected chi connectivity index (χ2v) is 5.93. The van der Waals surface area contributed by atoms with Crippen molar-refractivity contribution in [2.75, 3.05) is 0 Å². The largest absolute Gasteiger partial charge is 0.349 e. The van der Waals surface area contributed by atoms with E-state index in [0.29, 0.717) is 5.92 Å². The highest BCUT2D eigenvalue weighted by molar-refractivity contribution is 6.32. The van der Waals surface area contributed by atoms with Crippen LogP contribution in [0.2, 0.25) is 5.15 Å². The van der Waals surface area contributed by atoms with Gasteiger partial charge in [0.25, 0.3) is 11.6 Å². The molecule has 2 unspecified atom stereocenters. The van der Waals surface area contributed by atoms with Gasteiger partial charge in [-0.25, -0.2) is 4.98 Å². The Bertz CT molecular complexity index is 550. The van der Waals surface area contributed by atoms with Crippen LogP contribution in [0.1, 0.15) is 49.4 Å². The van der Waals surface area contributed by atoms with Crippen molar-refractivity contribution >= 4 is 23.2 Å². The second-order valence-electron chi connectivity index (χ2n) is 5.57. The molecular formula is C14H18ClN3O3. The zero-order valence-electron chi connectivity index (χ0n) is 11.8. The number of nitro groups is 1. The van der Waals surface area contributed by atoms with Crippen LogP contribution in [0.15, 0.2) is 12.3 Å². The molecule has 2 rings (SSSR count). The highest BCUT2D eigenvalue weighted by Crippen LogP contribution is 2.24. The van der Waals surface area contributed by atoms with Gasteiger partial charge in [-0.15, -0.1) is 0 Å². The molecule has 0 aromatic carbocycles. The lowest BCUT2D eigenvalue weighted by Gasteiger charge is -2.16. The Hall–Kier alpha value is -1.69. The lowest BCUT2D eigenvalue weighted by atomic mass is 10.0. The molecule has 1 aromatic rings. The van der Waals surface area contributed by atoms with Crippen molar-refractivity contribution in [3.63, 3.8) is 0 Å². The summed E-state index contributed by atoms with van der Waals surface area (Å²) < 4.78 is 0. The van der Waals surface area contributed by atoms with Gasteiger partial charge in [-0.1, -0.05) is 31.4 Å². The summed E-state index contributed by atoms with van der Waals surface area (Å²) in [6.07, 6.45) is 6.22. The molecule has 0 bridgehead atoms. The summed E-state index contributed by atoms with van der Waals surface area (Å²) in [7, 11) is 0. The Labute approximate surface area is 128 Å². The molecule has 2 atom stereocenters. The normalized spacial score (nSPS) is 22.4. The molecule has 1 heterocycles. The molecule has 0 aliphatic heterocycles. The second kappa shape index (κ2) is 6.85. The number of amides is 1. The average molecular weight is 312 g/mol. The van der Waals surface area contributed by atoms with Crippen LogP contribution in [-0.2, 0) is 0 Å². The van der Waals surface area contributed by atoms with Crippen molar-refractivity contribution in [3.8, 4) is 0 Å². The number of hydrogen-bond acceptors (Lipinski definition) is 4. The van der Waals surface area contributed by atoms with Gasteiger partial charge in [-0.05, 0) is 25.2 Å². The number of carbonyl (C=O) groups is 1. The number of nitrogens with one attached hydrogen (secondary N) is 1. The third kappa shape index (κ3) is 4.14. The number of nitrogens with zero attached hydrogens (tertiary/aromatic N) is 2. The van der Waals surface area contributed by atoms with Crippen LogP contribution in [0.5, 0.6) is 0 Å². The SMILES string of the molecule is CC1CCCC(NC(=O)c2cc([N+](=O)[O-])cnc2Cl)CC1. The summed E-state index contributed by atoms with van der Waals surface area (Å²) in [5.74, 6) is 0.283. The predicted molar refractivity (Wildman–Crippen MR) is 79.4 cm³/mol. The van der Waals surface area contributed by atoms with Crippen LogP contribution in [0, 0.1) is 16.0 Å². The molecule has 21 heavy (non-hydrogen) atoms. The fourth-order valence-corrected chi connectivity index (χ4v) is 2.78. The van der Waals surface area contributed by atoms with Crippen LogP contribution >= 0.6 is 11.6 Å². The summed E-state index contributed by atoms with van der Waals surface area (Å²) in [5.41, 5.74) is -0.179. The van der Waals surface area contributed by atoms with E-state index < -0.39 is 10.8 Å². The van der Waals surface area contributed by atoms with E-state index in [0.717, 1.165) is 31.9 Å². The number of halogens is 1. The molecule has 1 amide bonds. The molecule has 6 nitrogen and oxygen atoms in total. The van der Waals surface area contributed by atoms with Gasteiger partial charge in [0.1, 0.15) is 11.3 Å². The van der Waals surface area contributed by atoms with Crippen molar-refractivity contribution in [2.24, 2.45) is 5.92 Å². The first-order valence-electron chi connectivity index (χ1n) is 7.08. The molecule has 0 spiro atoms. The summed E-state index contributed by atoms with van der Waals surface area (Å²) in [6, 6.07) is 1.27. The van der Waals surface area contributed by atoms with Gasteiger partial charge in [0, 0.05) is 12.1 Å². The van der Waals surface area contributed by atoms with Crippen LogP contribution in [0.25, 0.3) is 0 Å². The van der Waals surface area contributed by atoms with Crippen LogP contribution in [0.4, 0.5) is 5.69 Å². The first-order chi connectivity index (χ1) is 9.97. The van der Waals surface area contributed by atoms with E-state index in [1.807, 2.05) is 0 Å². The molecule has 1 aliphatic carbocycles. The van der Waals surface area contributed by atoms with Crippen molar-refractivity contribution < 1.29 is 9.72 Å². The topological polar surface area (TPSA) is 85.1 Å². The third-order valence-corrected chi connectivity index (χ3v) is 4.17. The minimum atomic E-state index is -0.590. The van der Waals surface area contributed by atoms with Crippen molar-refractivity contribution in [3.05, 3.63) is 33.1 Å². The molecule has 1 saturated carbocycles. The molecule has 7 heteroatoms. The third-order valence-electron chi connectivity index (χ3n) is 3.87. The van der Waals surface area contributed by atoms with Crippen molar-refractivity contribution in [1.82, 2.24) is 10.3 Å². The zero-order chi connectivity index (χ0) is 15.4. The van der Waals surface area contributed by atoms with Gasteiger partial charge >= 0.3 is 0 Å². The van der Waals surface area contributed by atoms with Crippen LogP contribution in [0.3, 0.4) is 0 Å². The maximum absolute atomic E-state index is 12.2. The average Bonchev–Trinajstić information content (AvgIpc) is 2.64. The number of pyridine rings is 1. The van der Waals surface area contributed by atoms with E-state index in [2.05, 4.69) is 17.2 Å². The lowest BCUT2D eigenvalue weighted by molar-refractivity contribution is -0.385. The number of carbonyl (C=O) groups excluding carboxylic acids is 1. The molecule has 0 radical (unpaired) electrons. The highest BCUT2D eigenvalue weighted by atomic mass is 35.5. The Kier molecular flexibility index (Phi) is 5.12. The first-order valence-corrected chi connectivity index (χ1v) is 7.46. The molecular weight excluding hydrogens is 294 g/mol. The number of hydrogen-bond donors (Lipinski definition) is 1. The lowest BCUT2D eigenvalue weighted by Crippen LogP contribution is -2.34. The van der Waals surface area contributed by atoms with E-state index >= 15 is 0 Å². The molecule has 0 saturated heterocycles.